The molecular weight excluding hydrogens is 584 g/mol. The van der Waals surface area contributed by atoms with Gasteiger partial charge in [0.25, 0.3) is 0 Å². The molecule has 44 heavy (non-hydrogen) atoms. The van der Waals surface area contributed by atoms with Crippen molar-refractivity contribution in [3.05, 3.63) is 0 Å². The zero-order valence-electron chi connectivity index (χ0n) is 26.3. The standard InChI is InChI=1S/4C6H13NO.2C2H2O4/c4*1-6(8)3-2-5(7)4-6;2*3-1(4)2(5)6/h4*5,8H,2-4,7H2,1H3;2*(H,3,4)(H,5,6)/t4*5-,6+;;/m1100../s1. The fourth-order valence-electron chi connectivity index (χ4n) is 5.06. The van der Waals surface area contributed by atoms with Crippen LogP contribution >= 0.6 is 0 Å². The van der Waals surface area contributed by atoms with Crippen LogP contribution in [0.5, 0.6) is 0 Å². The number of aliphatic carboxylic acids is 4. The van der Waals surface area contributed by atoms with Crippen LogP contribution in [0.1, 0.15) is 105 Å². The fraction of sp³-hybridized carbons (Fsp3) is 0.857. The molecule has 0 bridgehead atoms. The molecule has 0 saturated heterocycles. The molecule has 0 unspecified atom stereocenters. The van der Waals surface area contributed by atoms with Crippen molar-refractivity contribution in [2.75, 3.05) is 0 Å². The van der Waals surface area contributed by atoms with Crippen LogP contribution in [0.3, 0.4) is 0 Å². The van der Waals surface area contributed by atoms with E-state index in [1.807, 2.05) is 27.7 Å². The number of carbonyl (C=O) groups is 4. The van der Waals surface area contributed by atoms with E-state index in [1.165, 1.54) is 0 Å². The lowest BCUT2D eigenvalue weighted by atomic mass is 10.1. The molecule has 8 atom stereocenters. The number of nitrogens with two attached hydrogens (primary N) is 4. The van der Waals surface area contributed by atoms with E-state index >= 15 is 0 Å². The number of rotatable bonds is 0. The highest BCUT2D eigenvalue weighted by Gasteiger charge is 2.32. The van der Waals surface area contributed by atoms with Crippen molar-refractivity contribution < 1.29 is 60.0 Å². The monoisotopic (exact) mass is 640 g/mol. The van der Waals surface area contributed by atoms with E-state index in [2.05, 4.69) is 0 Å². The van der Waals surface area contributed by atoms with Crippen molar-refractivity contribution >= 4 is 23.9 Å². The molecule has 4 saturated carbocycles. The van der Waals surface area contributed by atoms with E-state index in [-0.39, 0.29) is 24.2 Å². The summed E-state index contributed by atoms with van der Waals surface area (Å²) in [5.74, 6) is -7.30. The first-order chi connectivity index (χ1) is 19.7. The first kappa shape index (κ1) is 43.7. The molecule has 0 spiro atoms. The maximum Gasteiger partial charge on any atom is 0.414 e. The van der Waals surface area contributed by atoms with E-state index in [1.54, 1.807) is 0 Å². The van der Waals surface area contributed by atoms with Gasteiger partial charge in [0.1, 0.15) is 0 Å². The second-order valence-electron chi connectivity index (χ2n) is 13.2. The number of hydrogen-bond donors (Lipinski definition) is 12. The summed E-state index contributed by atoms with van der Waals surface area (Å²) >= 11 is 0. The molecule has 260 valence electrons. The van der Waals surface area contributed by atoms with Crippen LogP contribution in [0.25, 0.3) is 0 Å². The molecule has 4 fully saturated rings. The fourth-order valence-corrected chi connectivity index (χ4v) is 5.06. The second kappa shape index (κ2) is 19.2. The molecule has 4 rings (SSSR count). The predicted molar refractivity (Wildman–Crippen MR) is 160 cm³/mol. The first-order valence-corrected chi connectivity index (χ1v) is 14.5. The lowest BCUT2D eigenvalue weighted by molar-refractivity contribution is -0.159. The highest BCUT2D eigenvalue weighted by molar-refractivity contribution is 6.27. The predicted octanol–water partition coefficient (Wildman–Crippen LogP) is -0.694. The molecule has 0 heterocycles. The summed E-state index contributed by atoms with van der Waals surface area (Å²) in [5.41, 5.74) is 20.4. The van der Waals surface area contributed by atoms with Gasteiger partial charge in [-0.2, -0.15) is 0 Å². The molecule has 4 aliphatic carbocycles. The van der Waals surface area contributed by atoms with Gasteiger partial charge in [0.2, 0.25) is 0 Å². The smallest absolute Gasteiger partial charge is 0.414 e. The largest absolute Gasteiger partial charge is 0.473 e. The summed E-state index contributed by atoms with van der Waals surface area (Å²) in [6.07, 6.45) is 10.5. The Hall–Kier alpha value is -2.44. The quantitative estimate of drug-likeness (QED) is 0.146. The van der Waals surface area contributed by atoms with Gasteiger partial charge < -0.3 is 63.8 Å². The van der Waals surface area contributed by atoms with Crippen LogP contribution < -0.4 is 22.9 Å². The van der Waals surface area contributed by atoms with E-state index < -0.39 is 46.3 Å². The van der Waals surface area contributed by atoms with Gasteiger partial charge in [-0.3, -0.25) is 0 Å². The third-order valence-corrected chi connectivity index (χ3v) is 7.39. The molecule has 4 aliphatic rings. The maximum atomic E-state index is 9.28. The van der Waals surface area contributed by atoms with Gasteiger partial charge in [-0.05, 0) is 105 Å². The Morgan fingerprint density at radius 1 is 0.432 bits per heavy atom. The molecule has 0 radical (unpaired) electrons. The molecule has 0 amide bonds. The molecule has 0 aliphatic heterocycles. The third-order valence-electron chi connectivity index (χ3n) is 7.39. The van der Waals surface area contributed by atoms with Crippen molar-refractivity contribution in [3.63, 3.8) is 0 Å². The van der Waals surface area contributed by atoms with Crippen molar-refractivity contribution in [3.8, 4) is 0 Å². The number of carboxylic acids is 4. The molecule has 16 heteroatoms. The normalized spacial score (nSPS) is 36.6. The van der Waals surface area contributed by atoms with Crippen molar-refractivity contribution in [2.45, 2.75) is 151 Å². The second-order valence-corrected chi connectivity index (χ2v) is 13.2. The van der Waals surface area contributed by atoms with Gasteiger partial charge in [0, 0.05) is 24.2 Å². The maximum absolute atomic E-state index is 9.28. The van der Waals surface area contributed by atoms with Crippen LogP contribution in [0.2, 0.25) is 0 Å². The van der Waals surface area contributed by atoms with Crippen LogP contribution in [0.15, 0.2) is 0 Å². The minimum Gasteiger partial charge on any atom is -0.473 e. The average molecular weight is 641 g/mol. The van der Waals surface area contributed by atoms with E-state index in [9.17, 15) is 20.4 Å². The minimum atomic E-state index is -1.82. The SMILES string of the molecule is C[C@@]1(O)CC[C@H](N)C1.C[C@@]1(O)CC[C@H](N)C1.C[C@]1(O)CC[C@@H](N)C1.C[C@]1(O)CC[C@@H](N)C1.O=C(O)C(=O)O.O=C(O)C(=O)O. The highest BCUT2D eigenvalue weighted by atomic mass is 16.4. The minimum absolute atomic E-state index is 0.241. The third kappa shape index (κ3) is 23.9. The topological polar surface area (TPSA) is 334 Å². The lowest BCUT2D eigenvalue weighted by Crippen LogP contribution is -2.23. The number of hydrogen-bond acceptors (Lipinski definition) is 12. The zero-order valence-corrected chi connectivity index (χ0v) is 26.3. The molecule has 16 nitrogen and oxygen atoms in total. The molecule has 0 aromatic rings. The summed E-state index contributed by atoms with van der Waals surface area (Å²) in [5, 5.41) is 66.7. The lowest BCUT2D eigenvalue weighted by Gasteiger charge is -2.13. The van der Waals surface area contributed by atoms with Gasteiger partial charge in [0.15, 0.2) is 0 Å². The van der Waals surface area contributed by atoms with Gasteiger partial charge in [-0.15, -0.1) is 0 Å². The molecule has 0 aromatic heterocycles. The molecule has 0 aromatic carbocycles. The van der Waals surface area contributed by atoms with Crippen molar-refractivity contribution in [2.24, 2.45) is 22.9 Å². The van der Waals surface area contributed by atoms with Crippen molar-refractivity contribution in [1.82, 2.24) is 0 Å². The van der Waals surface area contributed by atoms with E-state index in [0.29, 0.717) is 0 Å². The Labute approximate surface area is 258 Å². The Morgan fingerprint density at radius 3 is 0.591 bits per heavy atom. The van der Waals surface area contributed by atoms with E-state index in [0.717, 1.165) is 77.0 Å². The number of aliphatic hydroxyl groups is 4. The Morgan fingerprint density at radius 2 is 0.568 bits per heavy atom. The summed E-state index contributed by atoms with van der Waals surface area (Å²) < 4.78 is 0. The first-order valence-electron chi connectivity index (χ1n) is 14.5. The van der Waals surface area contributed by atoms with Crippen LogP contribution in [-0.2, 0) is 19.2 Å². The summed E-state index contributed by atoms with van der Waals surface area (Å²) in [6, 6.07) is 0.963. The van der Waals surface area contributed by atoms with Gasteiger partial charge >= 0.3 is 23.9 Å². The zero-order chi connectivity index (χ0) is 35.1. The van der Waals surface area contributed by atoms with Crippen molar-refractivity contribution in [1.29, 1.82) is 0 Å². The van der Waals surface area contributed by atoms with E-state index in [4.69, 9.17) is 62.5 Å². The molecular formula is C28H56N4O12. The van der Waals surface area contributed by atoms with Gasteiger partial charge in [-0.25, -0.2) is 19.2 Å². The average Bonchev–Trinajstić information content (AvgIpc) is 3.55. The van der Waals surface area contributed by atoms with Crippen LogP contribution in [0, 0.1) is 0 Å². The Kier molecular flexibility index (Phi) is 19.0. The number of carboxylic acid groups (broad SMARTS) is 4. The summed E-state index contributed by atoms with van der Waals surface area (Å²) in [7, 11) is 0. The van der Waals surface area contributed by atoms with Crippen LogP contribution in [-0.4, -0.2) is 111 Å². The van der Waals surface area contributed by atoms with Gasteiger partial charge in [0.05, 0.1) is 22.4 Å². The Balaban J connectivity index is 0. The highest BCUT2D eigenvalue weighted by Crippen LogP contribution is 2.29. The van der Waals surface area contributed by atoms with Gasteiger partial charge in [-0.1, -0.05) is 0 Å². The van der Waals surface area contributed by atoms with Crippen LogP contribution in [0.4, 0.5) is 0 Å². The summed E-state index contributed by atoms with van der Waals surface area (Å²) in [6.45, 7) is 7.39. The Bertz CT molecular complexity index is 767. The summed E-state index contributed by atoms with van der Waals surface area (Å²) in [4.78, 5) is 36.4. The molecule has 16 N–H and O–H groups in total.